The lowest BCUT2D eigenvalue weighted by Gasteiger charge is -2.41. The number of aromatic amines is 1. The van der Waals surface area contributed by atoms with Crippen LogP contribution in [0.2, 0.25) is 0 Å². The number of fused-ring (bicyclic) bond motifs is 5. The molecule has 162 valence electrons. The van der Waals surface area contributed by atoms with Gasteiger partial charge in [-0.1, -0.05) is 36.8 Å². The van der Waals surface area contributed by atoms with Crippen molar-refractivity contribution in [2.45, 2.75) is 31.8 Å². The number of hydrogen-bond acceptors (Lipinski definition) is 4. The van der Waals surface area contributed by atoms with Crippen molar-refractivity contribution < 1.29 is 14.4 Å². The van der Waals surface area contributed by atoms with Gasteiger partial charge in [-0.25, -0.2) is 0 Å². The third-order valence-corrected chi connectivity index (χ3v) is 5.96. The summed E-state index contributed by atoms with van der Waals surface area (Å²) < 4.78 is 0. The lowest BCUT2D eigenvalue weighted by atomic mass is 10.0. The molecule has 0 radical (unpaired) electrons. The maximum Gasteiger partial charge on any atom is 0.260 e. The zero-order chi connectivity index (χ0) is 22.1. The van der Waals surface area contributed by atoms with E-state index >= 15 is 0 Å². The summed E-state index contributed by atoms with van der Waals surface area (Å²) in [4.78, 5) is 42.0. The Bertz CT molecular complexity index is 1170. The third-order valence-electron chi connectivity index (χ3n) is 5.96. The predicted octanol–water partition coefficient (Wildman–Crippen LogP) is 3.72. The van der Waals surface area contributed by atoms with Crippen LogP contribution < -0.4 is 10.2 Å². The van der Waals surface area contributed by atoms with Gasteiger partial charge in [0.15, 0.2) is 0 Å². The molecule has 2 aliphatic rings. The Morgan fingerprint density at radius 1 is 0.938 bits per heavy atom. The van der Waals surface area contributed by atoms with Crippen LogP contribution in [0.1, 0.15) is 58.1 Å². The van der Waals surface area contributed by atoms with Gasteiger partial charge in [0.05, 0.1) is 17.4 Å². The molecule has 5 rings (SSSR count). The van der Waals surface area contributed by atoms with E-state index in [-0.39, 0.29) is 17.7 Å². The maximum absolute atomic E-state index is 13.3. The normalized spacial score (nSPS) is 16.6. The molecule has 0 fully saturated rings. The Morgan fingerprint density at radius 2 is 1.72 bits per heavy atom. The van der Waals surface area contributed by atoms with Crippen LogP contribution in [-0.4, -0.2) is 39.4 Å². The number of anilines is 2. The summed E-state index contributed by atoms with van der Waals surface area (Å²) in [5, 5.41) is 9.26. The van der Waals surface area contributed by atoms with Crippen LogP contribution in [0.15, 0.2) is 60.8 Å². The van der Waals surface area contributed by atoms with Gasteiger partial charge < -0.3 is 10.2 Å². The number of rotatable bonds is 7. The number of benzene rings is 2. The van der Waals surface area contributed by atoms with E-state index in [0.29, 0.717) is 42.0 Å². The molecule has 0 bridgehead atoms. The van der Waals surface area contributed by atoms with Crippen LogP contribution in [0.3, 0.4) is 0 Å². The van der Waals surface area contributed by atoms with Gasteiger partial charge in [0.2, 0.25) is 5.91 Å². The number of nitrogens with one attached hydrogen (secondary N) is 2. The number of H-pyrrole nitrogens is 1. The van der Waals surface area contributed by atoms with Crippen molar-refractivity contribution in [3.05, 3.63) is 77.5 Å². The molecule has 1 aromatic heterocycles. The van der Waals surface area contributed by atoms with E-state index < -0.39 is 6.17 Å². The Kier molecular flexibility index (Phi) is 5.18. The molecule has 0 spiro atoms. The molecule has 8 heteroatoms. The minimum absolute atomic E-state index is 0.0664. The molecule has 3 aromatic rings. The fraction of sp³-hybridized carbons (Fsp3) is 0.250. The lowest BCUT2D eigenvalue weighted by molar-refractivity contribution is -0.116. The molecule has 3 amide bonds. The summed E-state index contributed by atoms with van der Waals surface area (Å²) in [6.45, 7) is 0.512. The van der Waals surface area contributed by atoms with E-state index in [0.717, 1.165) is 18.4 Å². The molecular weight excluding hydrogens is 406 g/mol. The molecule has 2 N–H and O–H groups in total. The minimum Gasteiger partial charge on any atom is -0.313 e. The summed E-state index contributed by atoms with van der Waals surface area (Å²) in [5.74, 6) is 0.366. The second-order valence-corrected chi connectivity index (χ2v) is 7.98. The van der Waals surface area contributed by atoms with Crippen LogP contribution in [0.25, 0.3) is 0 Å². The summed E-state index contributed by atoms with van der Waals surface area (Å²) in [5.41, 5.74) is 2.71. The first-order valence-electron chi connectivity index (χ1n) is 10.8. The van der Waals surface area contributed by atoms with Crippen molar-refractivity contribution >= 4 is 29.2 Å². The highest BCUT2D eigenvalue weighted by Gasteiger charge is 2.47. The zero-order valence-corrected chi connectivity index (χ0v) is 17.5. The van der Waals surface area contributed by atoms with Crippen LogP contribution in [0, 0.1) is 0 Å². The average Bonchev–Trinajstić information content (AvgIpc) is 3.42. The molecule has 0 unspecified atom stereocenters. The van der Waals surface area contributed by atoms with Crippen molar-refractivity contribution in [1.82, 2.24) is 15.1 Å². The topological polar surface area (TPSA) is 98.4 Å². The van der Waals surface area contributed by atoms with E-state index in [1.54, 1.807) is 28.1 Å². The molecule has 8 nitrogen and oxygen atoms in total. The molecule has 1 atom stereocenters. The van der Waals surface area contributed by atoms with Crippen LogP contribution >= 0.6 is 0 Å². The van der Waals surface area contributed by atoms with Crippen molar-refractivity contribution in [2.75, 3.05) is 16.8 Å². The average molecular weight is 429 g/mol. The number of unbranched alkanes of at least 4 members (excludes halogenated alkanes) is 2. The number of carbonyl (C=O) groups excluding carboxylic acids is 3. The minimum atomic E-state index is -0.426. The molecular formula is C24H23N5O3. The first-order chi connectivity index (χ1) is 15.6. The number of amides is 3. The molecule has 2 aliphatic heterocycles. The highest BCUT2D eigenvalue weighted by molar-refractivity contribution is 6.16. The fourth-order valence-electron chi connectivity index (χ4n) is 4.48. The van der Waals surface area contributed by atoms with Crippen molar-refractivity contribution in [3.63, 3.8) is 0 Å². The highest BCUT2D eigenvalue weighted by Crippen LogP contribution is 2.45. The molecule has 2 aromatic carbocycles. The number of aromatic nitrogens is 2. The Morgan fingerprint density at radius 3 is 2.53 bits per heavy atom. The third kappa shape index (κ3) is 3.43. The SMILES string of the molecule is O=C(CCCCCN1C(=O)c2ccccc2N2C(=O)c3ccccc3[C@H]12)Nc1ccn[nH]1. The Labute approximate surface area is 185 Å². The highest BCUT2D eigenvalue weighted by atomic mass is 16.2. The quantitative estimate of drug-likeness (QED) is 0.559. The van der Waals surface area contributed by atoms with Crippen LogP contribution in [0.5, 0.6) is 0 Å². The van der Waals surface area contributed by atoms with E-state index in [1.165, 1.54) is 0 Å². The number of para-hydroxylation sites is 1. The first kappa shape index (κ1) is 20.0. The summed E-state index contributed by atoms with van der Waals surface area (Å²) in [7, 11) is 0. The fourth-order valence-corrected chi connectivity index (χ4v) is 4.48. The van der Waals surface area contributed by atoms with Crippen molar-refractivity contribution in [2.24, 2.45) is 0 Å². The molecule has 32 heavy (non-hydrogen) atoms. The molecule has 0 saturated carbocycles. The number of nitrogens with zero attached hydrogens (tertiary/aromatic N) is 3. The van der Waals surface area contributed by atoms with Gasteiger partial charge in [-0.2, -0.15) is 5.10 Å². The Hall–Kier alpha value is -3.94. The zero-order valence-electron chi connectivity index (χ0n) is 17.5. The van der Waals surface area contributed by atoms with Crippen molar-refractivity contribution in [3.8, 4) is 0 Å². The molecule has 0 saturated heterocycles. The molecule has 3 heterocycles. The van der Waals surface area contributed by atoms with Crippen LogP contribution in [0.4, 0.5) is 11.5 Å². The van der Waals surface area contributed by atoms with Gasteiger partial charge >= 0.3 is 0 Å². The second-order valence-electron chi connectivity index (χ2n) is 7.98. The standard InChI is InChI=1S/C24H23N5O3/c30-21(26-20-13-14-25-27-20)12-2-1-7-15-28-22-16-8-3-4-9-17(16)24(32)29(22)19-11-6-5-10-18(19)23(28)31/h3-6,8-11,13-14,22H,1-2,7,12,15H2,(H2,25,26,27,30)/t22-/m1/s1. The maximum atomic E-state index is 13.3. The smallest absolute Gasteiger partial charge is 0.260 e. The van der Waals surface area contributed by atoms with E-state index in [4.69, 9.17) is 0 Å². The first-order valence-corrected chi connectivity index (χ1v) is 10.8. The predicted molar refractivity (Wildman–Crippen MR) is 119 cm³/mol. The van der Waals surface area contributed by atoms with Gasteiger partial charge in [0.1, 0.15) is 12.0 Å². The monoisotopic (exact) mass is 429 g/mol. The van der Waals surface area contributed by atoms with Gasteiger partial charge in [-0.3, -0.25) is 24.4 Å². The van der Waals surface area contributed by atoms with Gasteiger partial charge in [0.25, 0.3) is 11.8 Å². The van der Waals surface area contributed by atoms with Gasteiger partial charge in [-0.05, 0) is 31.0 Å². The Balaban J connectivity index is 1.28. The summed E-state index contributed by atoms with van der Waals surface area (Å²) >= 11 is 0. The molecule has 0 aliphatic carbocycles. The van der Waals surface area contributed by atoms with E-state index in [2.05, 4.69) is 15.5 Å². The summed E-state index contributed by atoms with van der Waals surface area (Å²) in [6.07, 6.45) is 3.80. The van der Waals surface area contributed by atoms with E-state index in [9.17, 15) is 14.4 Å². The van der Waals surface area contributed by atoms with Gasteiger partial charge in [0, 0.05) is 30.2 Å². The number of carbonyl (C=O) groups is 3. The van der Waals surface area contributed by atoms with E-state index in [1.807, 2.05) is 42.5 Å². The van der Waals surface area contributed by atoms with Gasteiger partial charge in [-0.15, -0.1) is 0 Å². The lowest BCUT2D eigenvalue weighted by Crippen LogP contribution is -2.48. The second kappa shape index (κ2) is 8.30. The summed E-state index contributed by atoms with van der Waals surface area (Å²) in [6, 6.07) is 16.5. The van der Waals surface area contributed by atoms with Crippen molar-refractivity contribution in [1.29, 1.82) is 0 Å². The number of hydrogen-bond donors (Lipinski definition) is 2. The van der Waals surface area contributed by atoms with Crippen LogP contribution in [-0.2, 0) is 4.79 Å². The largest absolute Gasteiger partial charge is 0.313 e.